The van der Waals surface area contributed by atoms with Gasteiger partial charge in [0.25, 0.3) is 0 Å². The van der Waals surface area contributed by atoms with Crippen LogP contribution in [0.25, 0.3) is 0 Å². The number of aliphatic carboxylic acids is 1. The van der Waals surface area contributed by atoms with Gasteiger partial charge in [0.1, 0.15) is 5.54 Å². The van der Waals surface area contributed by atoms with Crippen LogP contribution >= 0.6 is 24.8 Å². The zero-order valence-corrected chi connectivity index (χ0v) is 8.00. The number of hydrogen-bond acceptors (Lipinski definition) is 3. The molecule has 0 aromatic rings. The third-order valence-corrected chi connectivity index (χ3v) is 2.38. The second-order valence-corrected chi connectivity index (χ2v) is 3.05. The van der Waals surface area contributed by atoms with Gasteiger partial charge in [-0.15, -0.1) is 24.8 Å². The van der Waals surface area contributed by atoms with Gasteiger partial charge in [0.2, 0.25) is 0 Å². The molecule has 2 rings (SSSR count). The van der Waals surface area contributed by atoms with Crippen molar-refractivity contribution in [3.05, 3.63) is 0 Å². The molecular weight excluding hydrogens is 203 g/mol. The summed E-state index contributed by atoms with van der Waals surface area (Å²) in [6, 6.07) is 0.385. The fraction of sp³-hybridized carbons (Fsp3) is 0.833. The van der Waals surface area contributed by atoms with Crippen molar-refractivity contribution in [2.75, 3.05) is 13.1 Å². The molecule has 2 bridgehead atoms. The minimum atomic E-state index is -0.722. The quantitative estimate of drug-likeness (QED) is 0.558. The van der Waals surface area contributed by atoms with E-state index in [2.05, 4.69) is 10.6 Å². The number of hydrogen-bond donors (Lipinski definition) is 3. The van der Waals surface area contributed by atoms with Crippen molar-refractivity contribution in [3.63, 3.8) is 0 Å². The van der Waals surface area contributed by atoms with E-state index in [1.54, 1.807) is 0 Å². The molecule has 0 saturated carbocycles. The summed E-state index contributed by atoms with van der Waals surface area (Å²) in [5, 5.41) is 14.9. The number of rotatable bonds is 1. The minimum Gasteiger partial charge on any atom is -0.480 e. The van der Waals surface area contributed by atoms with Crippen LogP contribution in [-0.4, -0.2) is 35.7 Å². The van der Waals surface area contributed by atoms with Gasteiger partial charge in [-0.25, -0.2) is 0 Å². The van der Waals surface area contributed by atoms with Crippen LogP contribution in [0.5, 0.6) is 0 Å². The van der Waals surface area contributed by atoms with E-state index < -0.39 is 11.5 Å². The van der Waals surface area contributed by atoms with Gasteiger partial charge >= 0.3 is 5.97 Å². The van der Waals surface area contributed by atoms with Gasteiger partial charge in [0.15, 0.2) is 0 Å². The smallest absolute Gasteiger partial charge is 0.325 e. The Morgan fingerprint density at radius 2 is 2.17 bits per heavy atom. The molecule has 0 unspecified atom stereocenters. The number of carboxylic acids is 1. The van der Waals surface area contributed by atoms with Crippen LogP contribution in [0.2, 0.25) is 0 Å². The summed E-state index contributed by atoms with van der Waals surface area (Å²) < 4.78 is 0. The molecule has 0 amide bonds. The van der Waals surface area contributed by atoms with E-state index in [9.17, 15) is 4.79 Å². The standard InChI is InChI=1S/C6H10N2O2.2ClH/c9-5(10)6-1-4(2-8-6)7-3-6;;/h4,7-8H,1-3H2,(H,9,10);2*1H/t4-,6-;;/m0../s1. The number of carbonyl (C=O) groups is 1. The SMILES string of the molecule is Cl.Cl.O=C(O)[C@]12CN[C@H](CN1)C2. The summed E-state index contributed by atoms with van der Waals surface area (Å²) in [5.41, 5.74) is -0.634. The Balaban J connectivity index is 0.000000605. The number of nitrogens with one attached hydrogen (secondary N) is 2. The monoisotopic (exact) mass is 214 g/mol. The summed E-state index contributed by atoms with van der Waals surface area (Å²) in [6.07, 6.45) is 0.738. The van der Waals surface area contributed by atoms with Crippen molar-refractivity contribution < 1.29 is 9.90 Å². The summed E-state index contributed by atoms with van der Waals surface area (Å²) in [6.45, 7) is 1.37. The van der Waals surface area contributed by atoms with Crippen LogP contribution in [-0.2, 0) is 4.79 Å². The molecule has 6 heteroatoms. The van der Waals surface area contributed by atoms with Crippen LogP contribution < -0.4 is 10.6 Å². The van der Waals surface area contributed by atoms with Gasteiger partial charge in [0, 0.05) is 19.1 Å². The Bertz CT molecular complexity index is 180. The van der Waals surface area contributed by atoms with Gasteiger partial charge in [-0.3, -0.25) is 10.1 Å². The lowest BCUT2D eigenvalue weighted by Gasteiger charge is -2.22. The Hall–Kier alpha value is -0.0300. The van der Waals surface area contributed by atoms with Gasteiger partial charge in [0.05, 0.1) is 0 Å². The van der Waals surface area contributed by atoms with Crippen molar-refractivity contribution in [1.29, 1.82) is 0 Å². The second-order valence-electron chi connectivity index (χ2n) is 3.05. The highest BCUT2D eigenvalue weighted by molar-refractivity contribution is 5.85. The van der Waals surface area contributed by atoms with Crippen molar-refractivity contribution >= 4 is 30.8 Å². The Labute approximate surface area is 82.9 Å². The highest BCUT2D eigenvalue weighted by atomic mass is 35.5. The van der Waals surface area contributed by atoms with E-state index in [0.717, 1.165) is 13.0 Å². The van der Waals surface area contributed by atoms with Crippen molar-refractivity contribution in [2.45, 2.75) is 18.0 Å². The van der Waals surface area contributed by atoms with E-state index in [4.69, 9.17) is 5.11 Å². The third-order valence-electron chi connectivity index (χ3n) is 2.38. The average molecular weight is 215 g/mol. The van der Waals surface area contributed by atoms with E-state index in [0.29, 0.717) is 12.6 Å². The molecule has 2 saturated heterocycles. The molecule has 72 valence electrons. The molecule has 3 N–H and O–H groups in total. The average Bonchev–Trinajstić information content (AvgIpc) is 2.45. The Morgan fingerprint density at radius 3 is 2.33 bits per heavy atom. The predicted molar refractivity (Wildman–Crippen MR) is 49.3 cm³/mol. The first-order valence-corrected chi connectivity index (χ1v) is 3.45. The maximum atomic E-state index is 10.7. The lowest BCUT2D eigenvalue weighted by Crippen LogP contribution is -2.54. The van der Waals surface area contributed by atoms with E-state index >= 15 is 0 Å². The summed E-state index contributed by atoms with van der Waals surface area (Å²) in [7, 11) is 0. The normalized spacial score (nSPS) is 36.8. The zero-order chi connectivity index (χ0) is 7.19. The molecule has 0 aliphatic carbocycles. The highest BCUT2D eigenvalue weighted by Crippen LogP contribution is 2.25. The fourth-order valence-corrected chi connectivity index (χ4v) is 1.72. The summed E-state index contributed by atoms with van der Waals surface area (Å²) >= 11 is 0. The number of halogens is 2. The first kappa shape index (κ1) is 12.0. The first-order valence-electron chi connectivity index (χ1n) is 3.45. The molecule has 2 atom stereocenters. The Morgan fingerprint density at radius 1 is 1.50 bits per heavy atom. The van der Waals surface area contributed by atoms with Crippen LogP contribution in [0.15, 0.2) is 0 Å². The molecule has 0 radical (unpaired) electrons. The molecule has 2 fully saturated rings. The first-order chi connectivity index (χ1) is 4.73. The molecule has 2 aliphatic heterocycles. The van der Waals surface area contributed by atoms with Gasteiger partial charge in [-0.2, -0.15) is 0 Å². The minimum absolute atomic E-state index is 0. The van der Waals surface area contributed by atoms with Crippen LogP contribution in [0.4, 0.5) is 0 Å². The van der Waals surface area contributed by atoms with Crippen LogP contribution in [0.1, 0.15) is 6.42 Å². The maximum Gasteiger partial charge on any atom is 0.325 e. The van der Waals surface area contributed by atoms with Crippen molar-refractivity contribution in [1.82, 2.24) is 10.6 Å². The van der Waals surface area contributed by atoms with Gasteiger partial charge in [-0.05, 0) is 6.42 Å². The molecule has 12 heavy (non-hydrogen) atoms. The molecule has 0 aromatic carbocycles. The third kappa shape index (κ3) is 1.52. The summed E-state index contributed by atoms with van der Waals surface area (Å²) in [4.78, 5) is 10.7. The summed E-state index contributed by atoms with van der Waals surface area (Å²) in [5.74, 6) is -0.722. The molecule has 0 aromatic heterocycles. The molecule has 0 spiro atoms. The lowest BCUT2D eigenvalue weighted by atomic mass is 10.0. The van der Waals surface area contributed by atoms with Crippen LogP contribution in [0, 0.1) is 0 Å². The number of piperazine rings is 1. The number of carboxylic acid groups (broad SMARTS) is 1. The molecule has 2 heterocycles. The topological polar surface area (TPSA) is 61.4 Å². The van der Waals surface area contributed by atoms with Crippen LogP contribution in [0.3, 0.4) is 0 Å². The predicted octanol–water partition coefficient (Wildman–Crippen LogP) is -0.382. The van der Waals surface area contributed by atoms with E-state index in [1.165, 1.54) is 0 Å². The van der Waals surface area contributed by atoms with E-state index in [-0.39, 0.29) is 24.8 Å². The highest BCUT2D eigenvalue weighted by Gasteiger charge is 2.50. The molecule has 4 nitrogen and oxygen atoms in total. The molecular formula is C6H12Cl2N2O2. The Kier molecular flexibility index (Phi) is 3.78. The zero-order valence-electron chi connectivity index (χ0n) is 6.37. The van der Waals surface area contributed by atoms with E-state index in [1.807, 2.05) is 0 Å². The maximum absolute atomic E-state index is 10.7. The largest absolute Gasteiger partial charge is 0.480 e. The van der Waals surface area contributed by atoms with Crippen molar-refractivity contribution in [3.8, 4) is 0 Å². The fourth-order valence-electron chi connectivity index (χ4n) is 1.72. The second kappa shape index (κ2) is 3.79. The van der Waals surface area contributed by atoms with Gasteiger partial charge < -0.3 is 10.4 Å². The molecule has 2 aliphatic rings. The van der Waals surface area contributed by atoms with Gasteiger partial charge in [-0.1, -0.05) is 0 Å². The van der Waals surface area contributed by atoms with Crippen molar-refractivity contribution in [2.24, 2.45) is 0 Å². The number of fused-ring (bicyclic) bond motifs is 2. The lowest BCUT2D eigenvalue weighted by molar-refractivity contribution is -0.143.